The molecule has 18 heteroatoms. The fourth-order valence-electron chi connectivity index (χ4n) is 1.52. The number of aliphatic hydroxyl groups is 4. The van der Waals surface area contributed by atoms with E-state index in [1.165, 1.54) is 27.7 Å². The van der Waals surface area contributed by atoms with Gasteiger partial charge in [0, 0.05) is 34.2 Å². The van der Waals surface area contributed by atoms with Gasteiger partial charge in [0.2, 0.25) is 11.8 Å². The van der Waals surface area contributed by atoms with E-state index in [1.807, 2.05) is 0 Å². The summed E-state index contributed by atoms with van der Waals surface area (Å²) >= 11 is 0. The summed E-state index contributed by atoms with van der Waals surface area (Å²) in [5.74, 6) is -2.38. The minimum atomic E-state index is -0.954. The molecule has 240 valence electrons. The molecular formula is C24H43N2NaO15. The van der Waals surface area contributed by atoms with Gasteiger partial charge in [-0.1, -0.05) is 13.2 Å². The molecule has 0 bridgehead atoms. The van der Waals surface area contributed by atoms with E-state index in [1.54, 1.807) is 0 Å². The molecule has 0 aliphatic rings. The number of amides is 2. The average Bonchev–Trinajstić information content (AvgIpc) is 2.91. The summed E-state index contributed by atoms with van der Waals surface area (Å²) in [5, 5.41) is 37.0. The first-order chi connectivity index (χ1) is 18.7. The minimum absolute atomic E-state index is 0. The summed E-state index contributed by atoms with van der Waals surface area (Å²) < 4.78 is 18.6. The van der Waals surface area contributed by atoms with Gasteiger partial charge in [-0.2, -0.15) is 0 Å². The van der Waals surface area contributed by atoms with Crippen LogP contribution in [0.1, 0.15) is 27.7 Å². The van der Waals surface area contributed by atoms with Crippen molar-refractivity contribution in [3.05, 3.63) is 25.3 Å². The van der Waals surface area contributed by atoms with E-state index < -0.39 is 30.1 Å². The van der Waals surface area contributed by atoms with Crippen LogP contribution in [0.2, 0.25) is 0 Å². The summed E-state index contributed by atoms with van der Waals surface area (Å²) in [5.41, 5.74) is 0. The summed E-state index contributed by atoms with van der Waals surface area (Å²) in [6.45, 7) is 11.3. The first kappa shape index (κ1) is 51.8. The molecule has 0 heterocycles. The van der Waals surface area contributed by atoms with E-state index >= 15 is 0 Å². The van der Waals surface area contributed by atoms with Crippen molar-refractivity contribution in [1.82, 2.24) is 10.6 Å². The molecule has 0 saturated carbocycles. The third-order valence-electron chi connectivity index (χ3n) is 3.19. The van der Waals surface area contributed by atoms with E-state index in [2.05, 4.69) is 38.0 Å². The fourth-order valence-corrected chi connectivity index (χ4v) is 1.52. The summed E-state index contributed by atoms with van der Waals surface area (Å²) in [7, 11) is 0. The van der Waals surface area contributed by atoms with E-state index in [9.17, 15) is 28.8 Å². The molecule has 0 spiro atoms. The molecule has 0 aromatic heterocycles. The van der Waals surface area contributed by atoms with Crippen molar-refractivity contribution >= 4 is 35.7 Å². The van der Waals surface area contributed by atoms with Crippen molar-refractivity contribution in [3.63, 3.8) is 0 Å². The van der Waals surface area contributed by atoms with E-state index in [0.29, 0.717) is 13.1 Å². The second-order valence-electron chi connectivity index (χ2n) is 6.91. The number of hydrogen-bond donors (Lipinski definition) is 6. The standard InChI is InChI=1S/C9H14O6.C7H11NO3.C5H9NO2.C3H8O3.Na.H2O/c1-6(10)13-4-9(15-8(3)12)5-14-7(2)11;1-3-7(10)8-4-5-11-6(2)9;1-2-5(8)6-3-4-7;4-1-3(6)2-5;;/h9H,4-5H2,1-3H3;3H,1,4-5H2,2H3,(H,8,10);2,7H,1,3-4H2,(H,6,8);3-6H,1-2H2;;1H2/q;;;;+1;/p-1. The third kappa shape index (κ3) is 53.4. The van der Waals surface area contributed by atoms with Gasteiger partial charge in [0.05, 0.1) is 26.4 Å². The number of esters is 4. The number of hydrogen-bond acceptors (Lipinski definition) is 15. The van der Waals surface area contributed by atoms with Gasteiger partial charge in [-0.3, -0.25) is 28.8 Å². The Labute approximate surface area is 266 Å². The number of carbonyl (C=O) groups excluding carboxylic acids is 6. The van der Waals surface area contributed by atoms with Crippen LogP contribution in [0.3, 0.4) is 0 Å². The zero-order chi connectivity index (χ0) is 31.9. The number of ether oxygens (including phenoxy) is 4. The molecule has 0 radical (unpaired) electrons. The molecule has 0 atom stereocenters. The van der Waals surface area contributed by atoms with Crippen LogP contribution >= 0.6 is 0 Å². The first-order valence-electron chi connectivity index (χ1n) is 11.6. The number of carbonyl (C=O) groups is 6. The van der Waals surface area contributed by atoms with Crippen molar-refractivity contribution in [2.24, 2.45) is 0 Å². The van der Waals surface area contributed by atoms with E-state index in [-0.39, 0.29) is 92.5 Å². The van der Waals surface area contributed by atoms with Gasteiger partial charge in [0.15, 0.2) is 6.10 Å². The second-order valence-corrected chi connectivity index (χ2v) is 6.91. The van der Waals surface area contributed by atoms with Gasteiger partial charge in [-0.25, -0.2) is 0 Å². The largest absolute Gasteiger partial charge is 1.00 e. The molecule has 0 aromatic carbocycles. The zero-order valence-corrected chi connectivity index (χ0v) is 26.7. The molecule has 0 fully saturated rings. The van der Waals surface area contributed by atoms with Crippen LogP contribution in [-0.4, -0.2) is 127 Å². The van der Waals surface area contributed by atoms with Gasteiger partial charge in [0.25, 0.3) is 0 Å². The Balaban J connectivity index is -0.000000107. The third-order valence-corrected chi connectivity index (χ3v) is 3.19. The molecule has 2 amide bonds. The maximum Gasteiger partial charge on any atom is 1.00 e. The summed E-state index contributed by atoms with van der Waals surface area (Å²) in [6, 6.07) is 0. The number of rotatable bonds is 14. The van der Waals surface area contributed by atoms with Crippen LogP contribution in [0.25, 0.3) is 0 Å². The van der Waals surface area contributed by atoms with E-state index in [4.69, 9.17) is 25.2 Å². The van der Waals surface area contributed by atoms with Gasteiger partial charge in [-0.15, -0.1) is 0 Å². The van der Waals surface area contributed by atoms with Crippen molar-refractivity contribution in [2.75, 3.05) is 52.7 Å². The van der Waals surface area contributed by atoms with Crippen molar-refractivity contribution in [1.29, 1.82) is 0 Å². The van der Waals surface area contributed by atoms with Gasteiger partial charge in [-0.05, 0) is 12.2 Å². The molecule has 0 saturated heterocycles. The molecular weight excluding hydrogens is 579 g/mol. The Hall–Kier alpha value is -2.90. The maximum absolute atomic E-state index is 10.6. The Bertz CT molecular complexity index is 744. The molecule has 0 aliphatic heterocycles. The smallest absolute Gasteiger partial charge is 0.870 e. The predicted octanol–water partition coefficient (Wildman–Crippen LogP) is -5.66. The SMILES string of the molecule is C=CC(=O)NCCO.C=CC(=O)NCCOC(C)=O.CC(=O)OCC(COC(C)=O)OC(C)=O.OCC(O)CO.[Na+].[OH-]. The minimum Gasteiger partial charge on any atom is -0.870 e. The normalized spacial score (nSPS) is 8.62. The Kier molecular flexibility index (Phi) is 47.0. The number of nitrogens with one attached hydrogen (secondary N) is 2. The van der Waals surface area contributed by atoms with Gasteiger partial charge in [0.1, 0.15) is 25.9 Å². The quantitative estimate of drug-likeness (QED) is 0.0346. The van der Waals surface area contributed by atoms with Crippen LogP contribution in [0.5, 0.6) is 0 Å². The van der Waals surface area contributed by atoms with Crippen LogP contribution in [0.4, 0.5) is 0 Å². The predicted molar refractivity (Wildman–Crippen MR) is 141 cm³/mol. The van der Waals surface area contributed by atoms with Gasteiger partial charge < -0.3 is 55.5 Å². The average molecular weight is 623 g/mol. The summed E-state index contributed by atoms with van der Waals surface area (Å²) in [4.78, 5) is 62.6. The molecule has 17 nitrogen and oxygen atoms in total. The zero-order valence-electron chi connectivity index (χ0n) is 24.7. The first-order valence-corrected chi connectivity index (χ1v) is 11.6. The Morgan fingerprint density at radius 3 is 1.36 bits per heavy atom. The van der Waals surface area contributed by atoms with Crippen LogP contribution < -0.4 is 40.2 Å². The monoisotopic (exact) mass is 622 g/mol. The van der Waals surface area contributed by atoms with Crippen LogP contribution in [-0.2, 0) is 47.7 Å². The number of aliphatic hydroxyl groups excluding tert-OH is 4. The van der Waals surface area contributed by atoms with Crippen molar-refractivity contribution in [3.8, 4) is 0 Å². The molecule has 0 unspecified atom stereocenters. The maximum atomic E-state index is 10.6. The molecule has 0 rings (SSSR count). The summed E-state index contributed by atoms with van der Waals surface area (Å²) in [6.07, 6.45) is 0.615. The van der Waals surface area contributed by atoms with Crippen LogP contribution in [0.15, 0.2) is 25.3 Å². The molecule has 0 aromatic rings. The second kappa shape index (κ2) is 38.1. The van der Waals surface area contributed by atoms with Crippen LogP contribution in [0, 0.1) is 0 Å². The Morgan fingerprint density at radius 1 is 0.714 bits per heavy atom. The molecule has 7 N–H and O–H groups in total. The molecule has 0 aliphatic carbocycles. The van der Waals surface area contributed by atoms with E-state index in [0.717, 1.165) is 12.2 Å². The van der Waals surface area contributed by atoms with Crippen molar-refractivity contribution < 1.29 is 103 Å². The van der Waals surface area contributed by atoms with Crippen molar-refractivity contribution in [2.45, 2.75) is 39.9 Å². The van der Waals surface area contributed by atoms with Gasteiger partial charge >= 0.3 is 53.4 Å². The Morgan fingerprint density at radius 2 is 1.10 bits per heavy atom. The topological polar surface area (TPSA) is 274 Å². The fraction of sp³-hybridized carbons (Fsp3) is 0.583. The molecule has 42 heavy (non-hydrogen) atoms.